The molecule has 0 atom stereocenters. The van der Waals surface area contributed by atoms with Crippen molar-refractivity contribution in [1.82, 2.24) is 0 Å². The minimum Gasteiger partial charge on any atom is -0.174 e. The fraction of sp³-hybridized carbons (Fsp3) is 0.500. The molecule has 0 aliphatic heterocycles. The van der Waals surface area contributed by atoms with Crippen LogP contribution in [0.5, 0.6) is 0 Å². The summed E-state index contributed by atoms with van der Waals surface area (Å²) in [5, 5.41) is 0. The van der Waals surface area contributed by atoms with Crippen LogP contribution < -0.4 is 0 Å². The van der Waals surface area contributed by atoms with Crippen LogP contribution in [0.1, 0.15) is 87.7 Å². The van der Waals surface area contributed by atoms with E-state index in [9.17, 15) is 8.78 Å². The minimum atomic E-state index is -1.54. The Morgan fingerprint density at radius 1 is 0.618 bits per heavy atom. The van der Waals surface area contributed by atoms with Crippen LogP contribution in [0.4, 0.5) is 8.78 Å². The van der Waals surface area contributed by atoms with Gasteiger partial charge in [-0.2, -0.15) is 8.78 Å². The van der Waals surface area contributed by atoms with Crippen molar-refractivity contribution in [2.24, 2.45) is 11.8 Å². The first-order valence-corrected chi connectivity index (χ1v) is 12.8. The van der Waals surface area contributed by atoms with Crippen molar-refractivity contribution in [2.45, 2.75) is 94.4 Å². The van der Waals surface area contributed by atoms with E-state index in [0.29, 0.717) is 18.3 Å². The van der Waals surface area contributed by atoms with Crippen LogP contribution in [-0.2, 0) is 0 Å². The molecule has 2 heteroatoms. The normalized spacial score (nSPS) is 18.6. The highest BCUT2D eigenvalue weighted by Gasteiger charge is 2.22. The quantitative estimate of drug-likeness (QED) is 0.413. The molecule has 1 fully saturated rings. The fourth-order valence-electron chi connectivity index (χ4n) is 5.95. The molecular formula is C32H42F2. The van der Waals surface area contributed by atoms with Gasteiger partial charge in [-0.25, -0.2) is 0 Å². The van der Waals surface area contributed by atoms with E-state index in [-0.39, 0.29) is 0 Å². The Morgan fingerprint density at radius 3 is 1.47 bits per heavy atom. The Labute approximate surface area is 206 Å². The fourth-order valence-corrected chi connectivity index (χ4v) is 5.95. The third-order valence-corrected chi connectivity index (χ3v) is 8.96. The third kappa shape index (κ3) is 5.07. The summed E-state index contributed by atoms with van der Waals surface area (Å²) >= 11 is 0. The molecule has 0 nitrogen and oxygen atoms in total. The molecule has 184 valence electrons. The molecule has 0 bridgehead atoms. The lowest BCUT2D eigenvalue weighted by atomic mass is 9.78. The zero-order valence-electron chi connectivity index (χ0n) is 22.7. The van der Waals surface area contributed by atoms with Gasteiger partial charge in [-0.3, -0.25) is 0 Å². The maximum atomic E-state index is 12.4. The highest BCUT2D eigenvalue weighted by atomic mass is 19.3. The van der Waals surface area contributed by atoms with Gasteiger partial charge in [-0.05, 0) is 179 Å². The van der Waals surface area contributed by atoms with Crippen molar-refractivity contribution < 1.29 is 8.78 Å². The van der Waals surface area contributed by atoms with Gasteiger partial charge in [0, 0.05) is 0 Å². The number of hydrogen-bond donors (Lipinski definition) is 0. The molecular weight excluding hydrogens is 422 g/mol. The molecule has 0 unspecified atom stereocenters. The van der Waals surface area contributed by atoms with E-state index in [0.717, 1.165) is 31.8 Å². The number of allylic oxidation sites excluding steroid dienone is 2. The zero-order valence-corrected chi connectivity index (χ0v) is 22.7. The van der Waals surface area contributed by atoms with E-state index >= 15 is 0 Å². The summed E-state index contributed by atoms with van der Waals surface area (Å²) in [6, 6.07) is 0. The maximum Gasteiger partial charge on any atom is 0.266 e. The first kappa shape index (κ1) is 26.4. The van der Waals surface area contributed by atoms with E-state index < -0.39 is 6.08 Å². The van der Waals surface area contributed by atoms with Crippen LogP contribution in [-0.4, -0.2) is 0 Å². The van der Waals surface area contributed by atoms with Gasteiger partial charge >= 0.3 is 0 Å². The summed E-state index contributed by atoms with van der Waals surface area (Å²) in [5.74, 6) is 0.952. The Morgan fingerprint density at radius 2 is 1.03 bits per heavy atom. The SMILES string of the molecule is Cc1c(C)c(C)c(-c2c(C)c(C)c(C=CC3CCC(CC=C(F)F)CC3)c(C)c2C)c(C)c1C. The Balaban J connectivity index is 1.94. The minimum absolute atomic E-state index is 0.409. The lowest BCUT2D eigenvalue weighted by Crippen LogP contribution is -2.12. The number of rotatable bonds is 5. The Hall–Kier alpha value is -2.22. The maximum absolute atomic E-state index is 12.4. The molecule has 0 N–H and O–H groups in total. The lowest BCUT2D eigenvalue weighted by Gasteiger charge is -2.26. The smallest absolute Gasteiger partial charge is 0.174 e. The average molecular weight is 465 g/mol. The highest BCUT2D eigenvalue weighted by molar-refractivity contribution is 5.83. The van der Waals surface area contributed by atoms with Gasteiger partial charge in [0.25, 0.3) is 6.08 Å². The number of benzene rings is 2. The summed E-state index contributed by atoms with van der Waals surface area (Å²) in [4.78, 5) is 0. The number of halogens is 2. The van der Waals surface area contributed by atoms with Crippen molar-refractivity contribution in [1.29, 1.82) is 0 Å². The molecule has 0 radical (unpaired) electrons. The standard InChI is InChI=1S/C32H42F2/c1-18-19(2)23(6)31(24(7)20(18)3)32-25(8)21(4)29(22(5)26(32)9)16-14-27-10-12-28(13-11-27)15-17-30(33)34/h14,16-17,27-28H,10-13,15H2,1-9H3. The van der Waals surface area contributed by atoms with Crippen molar-refractivity contribution in [3.8, 4) is 11.1 Å². The van der Waals surface area contributed by atoms with Gasteiger partial charge in [0.15, 0.2) is 0 Å². The largest absolute Gasteiger partial charge is 0.266 e. The van der Waals surface area contributed by atoms with Crippen LogP contribution in [0.3, 0.4) is 0 Å². The highest BCUT2D eigenvalue weighted by Crippen LogP contribution is 2.41. The summed E-state index contributed by atoms with van der Waals surface area (Å²) in [7, 11) is 0. The average Bonchev–Trinajstić information content (AvgIpc) is 2.81. The molecule has 0 amide bonds. The summed E-state index contributed by atoms with van der Waals surface area (Å²) in [6.45, 7) is 20.4. The van der Waals surface area contributed by atoms with E-state index in [1.807, 2.05) is 0 Å². The monoisotopic (exact) mass is 464 g/mol. The Kier molecular flexibility index (Phi) is 8.22. The molecule has 1 aliphatic rings. The predicted molar refractivity (Wildman–Crippen MR) is 144 cm³/mol. The van der Waals surface area contributed by atoms with E-state index in [1.165, 1.54) is 66.8 Å². The van der Waals surface area contributed by atoms with Crippen molar-refractivity contribution in [3.05, 3.63) is 73.9 Å². The summed E-state index contributed by atoms with van der Waals surface area (Å²) < 4.78 is 24.8. The molecule has 2 aromatic rings. The molecule has 1 aliphatic carbocycles. The van der Waals surface area contributed by atoms with Gasteiger partial charge in [-0.15, -0.1) is 0 Å². The lowest BCUT2D eigenvalue weighted by molar-refractivity contribution is 0.308. The van der Waals surface area contributed by atoms with Crippen LogP contribution in [0.25, 0.3) is 17.2 Å². The van der Waals surface area contributed by atoms with Gasteiger partial charge in [-0.1, -0.05) is 12.2 Å². The van der Waals surface area contributed by atoms with Gasteiger partial charge in [0.1, 0.15) is 0 Å². The summed E-state index contributed by atoms with van der Waals surface area (Å²) in [6.07, 6.45) is 9.07. The molecule has 0 aromatic heterocycles. The van der Waals surface area contributed by atoms with E-state index in [4.69, 9.17) is 0 Å². The molecule has 1 saturated carbocycles. The van der Waals surface area contributed by atoms with Crippen LogP contribution in [0, 0.1) is 74.1 Å². The third-order valence-electron chi connectivity index (χ3n) is 8.96. The van der Waals surface area contributed by atoms with E-state index in [2.05, 4.69) is 74.5 Å². The second-order valence-electron chi connectivity index (χ2n) is 10.7. The molecule has 0 saturated heterocycles. The van der Waals surface area contributed by atoms with Crippen molar-refractivity contribution in [3.63, 3.8) is 0 Å². The second kappa shape index (κ2) is 10.6. The molecule has 0 heterocycles. The topological polar surface area (TPSA) is 0 Å². The first-order valence-electron chi connectivity index (χ1n) is 12.8. The first-order chi connectivity index (χ1) is 16.0. The van der Waals surface area contributed by atoms with Crippen molar-refractivity contribution in [2.75, 3.05) is 0 Å². The molecule has 3 rings (SSSR count). The van der Waals surface area contributed by atoms with Gasteiger partial charge in [0.05, 0.1) is 0 Å². The molecule has 34 heavy (non-hydrogen) atoms. The van der Waals surface area contributed by atoms with Crippen molar-refractivity contribution >= 4 is 6.08 Å². The molecule has 0 spiro atoms. The second-order valence-corrected chi connectivity index (χ2v) is 10.7. The Bertz CT molecular complexity index is 1080. The summed E-state index contributed by atoms with van der Waals surface area (Å²) in [5.41, 5.74) is 16.6. The molecule has 2 aromatic carbocycles. The van der Waals surface area contributed by atoms with Crippen LogP contribution in [0.2, 0.25) is 0 Å². The van der Waals surface area contributed by atoms with Crippen LogP contribution >= 0.6 is 0 Å². The predicted octanol–water partition coefficient (Wildman–Crippen LogP) is 10.1. The van der Waals surface area contributed by atoms with Gasteiger partial charge < -0.3 is 0 Å². The van der Waals surface area contributed by atoms with Gasteiger partial charge in [0.2, 0.25) is 0 Å². The number of hydrogen-bond acceptors (Lipinski definition) is 0. The van der Waals surface area contributed by atoms with E-state index in [1.54, 1.807) is 0 Å². The van der Waals surface area contributed by atoms with Crippen LogP contribution in [0.15, 0.2) is 18.2 Å². The zero-order chi connectivity index (χ0) is 25.3.